The largest absolute Gasteiger partial charge is 0.378 e. The van der Waals surface area contributed by atoms with Crippen LogP contribution in [0.4, 0.5) is 17.5 Å². The number of nitrogens with zero attached hydrogens (tertiary/aromatic N) is 3. The third-order valence-corrected chi connectivity index (χ3v) is 4.28. The molecule has 2 aromatic rings. The van der Waals surface area contributed by atoms with Crippen LogP contribution in [0.5, 0.6) is 0 Å². The van der Waals surface area contributed by atoms with Crippen LogP contribution in [0.25, 0.3) is 0 Å². The van der Waals surface area contributed by atoms with Crippen LogP contribution in [0.3, 0.4) is 0 Å². The molecule has 0 radical (unpaired) electrons. The number of ether oxygens (including phenoxy) is 1. The zero-order chi connectivity index (χ0) is 14.7. The van der Waals surface area contributed by atoms with Crippen LogP contribution in [0.2, 0.25) is 0 Å². The monoisotopic (exact) mass is 348 g/mol. The number of nitrogens with one attached hydrogen (secondary N) is 1. The lowest BCUT2D eigenvalue weighted by molar-refractivity contribution is 0.122. The molecule has 110 valence electrons. The van der Waals surface area contributed by atoms with Crippen LogP contribution >= 0.6 is 15.9 Å². The highest BCUT2D eigenvalue weighted by Gasteiger charge is 2.13. The van der Waals surface area contributed by atoms with Gasteiger partial charge in [0.1, 0.15) is 5.82 Å². The number of anilines is 3. The van der Waals surface area contributed by atoms with Crippen molar-refractivity contribution in [3.05, 3.63) is 40.5 Å². The molecular formula is C15H17BrN4O. The highest BCUT2D eigenvalue weighted by Crippen LogP contribution is 2.22. The van der Waals surface area contributed by atoms with E-state index in [1.54, 1.807) is 6.20 Å². The molecule has 1 aromatic heterocycles. The molecule has 0 bridgehead atoms. The first-order valence-corrected chi connectivity index (χ1v) is 7.70. The van der Waals surface area contributed by atoms with Crippen molar-refractivity contribution < 1.29 is 4.74 Å². The minimum Gasteiger partial charge on any atom is -0.378 e. The standard InChI is InChI=1S/C15H17BrN4O/c1-11-10-12(2-3-13(11)16)18-15-17-5-4-14(19-15)20-6-8-21-9-7-20/h2-5,10H,6-9H2,1H3,(H,17,18,19). The molecule has 0 saturated carbocycles. The number of morpholine rings is 1. The molecule has 6 heteroatoms. The van der Waals surface area contributed by atoms with Gasteiger partial charge >= 0.3 is 0 Å². The number of halogens is 1. The fourth-order valence-corrected chi connectivity index (χ4v) is 2.48. The van der Waals surface area contributed by atoms with Crippen molar-refractivity contribution in [1.82, 2.24) is 9.97 Å². The van der Waals surface area contributed by atoms with E-state index in [-0.39, 0.29) is 0 Å². The van der Waals surface area contributed by atoms with Crippen molar-refractivity contribution in [2.45, 2.75) is 6.92 Å². The van der Waals surface area contributed by atoms with Crippen molar-refractivity contribution in [2.75, 3.05) is 36.5 Å². The predicted octanol–water partition coefficient (Wildman–Crippen LogP) is 3.13. The molecule has 21 heavy (non-hydrogen) atoms. The van der Waals surface area contributed by atoms with E-state index in [1.165, 1.54) is 5.56 Å². The van der Waals surface area contributed by atoms with E-state index >= 15 is 0 Å². The Kier molecular flexibility index (Phi) is 4.36. The van der Waals surface area contributed by atoms with Crippen LogP contribution in [0.1, 0.15) is 5.56 Å². The number of rotatable bonds is 3. The molecule has 1 fully saturated rings. The first-order valence-electron chi connectivity index (χ1n) is 6.91. The minimum absolute atomic E-state index is 0.612. The van der Waals surface area contributed by atoms with Gasteiger partial charge in [0.2, 0.25) is 5.95 Å². The molecular weight excluding hydrogens is 332 g/mol. The Labute approximate surface area is 132 Å². The molecule has 1 aromatic carbocycles. The predicted molar refractivity (Wildman–Crippen MR) is 87.2 cm³/mol. The van der Waals surface area contributed by atoms with Crippen molar-refractivity contribution in [2.24, 2.45) is 0 Å². The van der Waals surface area contributed by atoms with Crippen LogP contribution in [-0.2, 0) is 4.74 Å². The van der Waals surface area contributed by atoms with Crippen molar-refractivity contribution in [3.8, 4) is 0 Å². The fraction of sp³-hybridized carbons (Fsp3) is 0.333. The number of hydrogen-bond donors (Lipinski definition) is 1. The molecule has 1 N–H and O–H groups in total. The molecule has 0 atom stereocenters. The summed E-state index contributed by atoms with van der Waals surface area (Å²) in [5.41, 5.74) is 2.15. The van der Waals surface area contributed by atoms with Crippen molar-refractivity contribution in [3.63, 3.8) is 0 Å². The van der Waals surface area contributed by atoms with Crippen molar-refractivity contribution in [1.29, 1.82) is 0 Å². The molecule has 0 amide bonds. The molecule has 1 aliphatic rings. The molecule has 5 nitrogen and oxygen atoms in total. The molecule has 0 aliphatic carbocycles. The molecule has 2 heterocycles. The first kappa shape index (κ1) is 14.3. The average molecular weight is 349 g/mol. The van der Waals surface area contributed by atoms with Crippen LogP contribution in [-0.4, -0.2) is 36.3 Å². The lowest BCUT2D eigenvalue weighted by Gasteiger charge is -2.27. The molecule has 1 saturated heterocycles. The zero-order valence-electron chi connectivity index (χ0n) is 11.8. The van der Waals surface area contributed by atoms with E-state index in [2.05, 4.69) is 49.1 Å². The van der Waals surface area contributed by atoms with E-state index in [0.29, 0.717) is 5.95 Å². The van der Waals surface area contributed by atoms with E-state index in [4.69, 9.17) is 4.74 Å². The second-order valence-corrected chi connectivity index (χ2v) is 5.78. The van der Waals surface area contributed by atoms with E-state index in [1.807, 2.05) is 18.2 Å². The maximum Gasteiger partial charge on any atom is 0.229 e. The SMILES string of the molecule is Cc1cc(Nc2nccc(N3CCOCC3)n2)ccc1Br. The maximum absolute atomic E-state index is 5.37. The Bertz CT molecular complexity index is 629. The molecule has 0 unspecified atom stereocenters. The Morgan fingerprint density at radius 3 is 2.81 bits per heavy atom. The van der Waals surface area contributed by atoms with E-state index in [9.17, 15) is 0 Å². The number of aromatic nitrogens is 2. The van der Waals surface area contributed by atoms with Gasteiger partial charge in [0.25, 0.3) is 0 Å². The second kappa shape index (κ2) is 6.41. The normalized spacial score (nSPS) is 15.0. The molecule has 0 spiro atoms. The van der Waals surface area contributed by atoms with Gasteiger partial charge in [-0.3, -0.25) is 0 Å². The van der Waals surface area contributed by atoms with Crippen LogP contribution in [0, 0.1) is 6.92 Å². The summed E-state index contributed by atoms with van der Waals surface area (Å²) in [4.78, 5) is 11.1. The Balaban J connectivity index is 1.77. The highest BCUT2D eigenvalue weighted by atomic mass is 79.9. The summed E-state index contributed by atoms with van der Waals surface area (Å²) < 4.78 is 6.46. The summed E-state index contributed by atoms with van der Waals surface area (Å²) >= 11 is 3.50. The third kappa shape index (κ3) is 3.51. The van der Waals surface area contributed by atoms with Gasteiger partial charge in [0, 0.05) is 29.4 Å². The van der Waals surface area contributed by atoms with Crippen LogP contribution in [0.15, 0.2) is 34.9 Å². The average Bonchev–Trinajstić information content (AvgIpc) is 2.52. The summed E-state index contributed by atoms with van der Waals surface area (Å²) in [6.07, 6.45) is 1.78. The van der Waals surface area contributed by atoms with Gasteiger partial charge < -0.3 is 15.0 Å². The van der Waals surface area contributed by atoms with Gasteiger partial charge in [-0.15, -0.1) is 0 Å². The van der Waals surface area contributed by atoms with Gasteiger partial charge in [-0.25, -0.2) is 4.98 Å². The fourth-order valence-electron chi connectivity index (χ4n) is 2.23. The van der Waals surface area contributed by atoms with Gasteiger partial charge in [-0.1, -0.05) is 15.9 Å². The topological polar surface area (TPSA) is 50.3 Å². The number of aryl methyl sites for hydroxylation is 1. The summed E-state index contributed by atoms with van der Waals surface area (Å²) in [5.74, 6) is 1.55. The van der Waals surface area contributed by atoms with Gasteiger partial charge in [-0.05, 0) is 36.8 Å². The van der Waals surface area contributed by atoms with E-state index < -0.39 is 0 Å². The van der Waals surface area contributed by atoms with Crippen molar-refractivity contribution >= 4 is 33.4 Å². The second-order valence-electron chi connectivity index (χ2n) is 4.93. The first-order chi connectivity index (χ1) is 10.2. The Morgan fingerprint density at radius 1 is 1.24 bits per heavy atom. The lowest BCUT2D eigenvalue weighted by atomic mass is 10.2. The Hall–Kier alpha value is -1.66. The van der Waals surface area contributed by atoms with E-state index in [0.717, 1.165) is 42.3 Å². The summed E-state index contributed by atoms with van der Waals surface area (Å²) in [6.45, 7) is 5.29. The summed E-state index contributed by atoms with van der Waals surface area (Å²) in [5, 5.41) is 3.25. The maximum atomic E-state index is 5.37. The minimum atomic E-state index is 0.612. The van der Waals surface area contributed by atoms with Gasteiger partial charge in [-0.2, -0.15) is 4.98 Å². The summed E-state index contributed by atoms with van der Waals surface area (Å²) in [7, 11) is 0. The lowest BCUT2D eigenvalue weighted by Crippen LogP contribution is -2.36. The number of benzene rings is 1. The van der Waals surface area contributed by atoms with Gasteiger partial charge in [0.15, 0.2) is 0 Å². The Morgan fingerprint density at radius 2 is 2.05 bits per heavy atom. The number of hydrogen-bond acceptors (Lipinski definition) is 5. The quantitative estimate of drug-likeness (QED) is 0.923. The van der Waals surface area contributed by atoms with Gasteiger partial charge in [0.05, 0.1) is 13.2 Å². The zero-order valence-corrected chi connectivity index (χ0v) is 13.4. The third-order valence-electron chi connectivity index (χ3n) is 3.39. The highest BCUT2D eigenvalue weighted by molar-refractivity contribution is 9.10. The molecule has 1 aliphatic heterocycles. The molecule has 3 rings (SSSR count). The summed E-state index contributed by atoms with van der Waals surface area (Å²) in [6, 6.07) is 8.02. The smallest absolute Gasteiger partial charge is 0.229 e. The van der Waals surface area contributed by atoms with Crippen LogP contribution < -0.4 is 10.2 Å².